The van der Waals surface area contributed by atoms with Gasteiger partial charge in [-0.2, -0.15) is 5.26 Å². The molecule has 0 aromatic carbocycles. The fourth-order valence-electron chi connectivity index (χ4n) is 4.62. The maximum absolute atomic E-state index is 13.3. The van der Waals surface area contributed by atoms with Crippen LogP contribution in [0.5, 0.6) is 0 Å². The summed E-state index contributed by atoms with van der Waals surface area (Å²) < 4.78 is 7.58. The summed E-state index contributed by atoms with van der Waals surface area (Å²) >= 11 is 6.73. The molecule has 2 fully saturated rings. The molecule has 9 heteroatoms. The summed E-state index contributed by atoms with van der Waals surface area (Å²) in [5, 5.41) is 9.79. The van der Waals surface area contributed by atoms with Crippen LogP contribution < -0.4 is 10.5 Å². The van der Waals surface area contributed by atoms with Crippen molar-refractivity contribution in [1.29, 1.82) is 5.26 Å². The number of aromatic nitrogens is 1. The van der Waals surface area contributed by atoms with Crippen molar-refractivity contribution in [2.24, 2.45) is 5.92 Å². The molecule has 7 nitrogen and oxygen atoms in total. The summed E-state index contributed by atoms with van der Waals surface area (Å²) in [5.74, 6) is 1.75. The van der Waals surface area contributed by atoms with E-state index in [2.05, 4.69) is 17.9 Å². The molecule has 2 aliphatic heterocycles. The Balaban J connectivity index is 1.85. The minimum Gasteiger partial charge on any atom is -0.467 e. The van der Waals surface area contributed by atoms with Crippen molar-refractivity contribution < 1.29 is 9.21 Å². The number of furan rings is 1. The van der Waals surface area contributed by atoms with Gasteiger partial charge in [-0.15, -0.1) is 0 Å². The number of pyridine rings is 1. The standard InChI is InChI=1S/C25H28N4O3S2/c1-4-9-28-22(27-10-5-7-16(2)14-27)19(17(3)20(13-26)23(28)30)12-21-24(31)29(25(33)34-21)15-18-8-6-11-32-18/h6,8,11-12,16H,4-5,7,9-10,14-15H2,1-3H3/b21-12+. The number of hydrogen-bond donors (Lipinski definition) is 0. The molecular formula is C25H28N4O3S2. The van der Waals surface area contributed by atoms with Crippen LogP contribution in [-0.2, 0) is 17.9 Å². The Morgan fingerprint density at radius 3 is 2.82 bits per heavy atom. The van der Waals surface area contributed by atoms with Crippen molar-refractivity contribution in [2.45, 2.75) is 53.1 Å². The molecule has 0 radical (unpaired) electrons. The number of thiocarbonyl (C=S) groups is 1. The van der Waals surface area contributed by atoms with E-state index < -0.39 is 0 Å². The van der Waals surface area contributed by atoms with Crippen LogP contribution in [-0.4, -0.2) is 32.8 Å². The van der Waals surface area contributed by atoms with Crippen molar-refractivity contribution in [2.75, 3.05) is 18.0 Å². The van der Waals surface area contributed by atoms with Crippen LogP contribution in [0, 0.1) is 24.2 Å². The summed E-state index contributed by atoms with van der Waals surface area (Å²) in [4.78, 5) is 30.8. The predicted octanol–water partition coefficient (Wildman–Crippen LogP) is 4.67. The maximum atomic E-state index is 13.3. The second kappa shape index (κ2) is 10.2. The van der Waals surface area contributed by atoms with Gasteiger partial charge in [-0.3, -0.25) is 19.1 Å². The van der Waals surface area contributed by atoms with E-state index in [0.29, 0.717) is 33.0 Å². The van der Waals surface area contributed by atoms with Crippen molar-refractivity contribution in [3.8, 4) is 6.07 Å². The average Bonchev–Trinajstić information content (AvgIpc) is 3.41. The van der Waals surface area contributed by atoms with Crippen LogP contribution in [0.15, 0.2) is 32.5 Å². The van der Waals surface area contributed by atoms with Crippen LogP contribution >= 0.6 is 24.0 Å². The van der Waals surface area contributed by atoms with Crippen molar-refractivity contribution in [1.82, 2.24) is 9.47 Å². The van der Waals surface area contributed by atoms with Crippen LogP contribution in [0.25, 0.3) is 6.08 Å². The first-order valence-corrected chi connectivity index (χ1v) is 12.8. The summed E-state index contributed by atoms with van der Waals surface area (Å²) in [6.45, 7) is 8.46. The van der Waals surface area contributed by atoms with Crippen molar-refractivity contribution in [3.05, 3.63) is 56.1 Å². The summed E-state index contributed by atoms with van der Waals surface area (Å²) in [6, 6.07) is 5.69. The van der Waals surface area contributed by atoms with E-state index in [4.69, 9.17) is 16.6 Å². The number of piperidine rings is 1. The highest BCUT2D eigenvalue weighted by atomic mass is 32.2. The molecule has 2 aromatic heterocycles. The Kier molecular flexibility index (Phi) is 7.29. The van der Waals surface area contributed by atoms with Gasteiger partial charge in [-0.1, -0.05) is 37.8 Å². The molecule has 2 saturated heterocycles. The summed E-state index contributed by atoms with van der Waals surface area (Å²) in [7, 11) is 0. The molecule has 0 bridgehead atoms. The lowest BCUT2D eigenvalue weighted by Gasteiger charge is -2.36. The predicted molar refractivity (Wildman–Crippen MR) is 138 cm³/mol. The maximum Gasteiger partial charge on any atom is 0.270 e. The lowest BCUT2D eigenvalue weighted by atomic mass is 9.98. The van der Waals surface area contributed by atoms with Gasteiger partial charge in [0.2, 0.25) is 0 Å². The minimum atomic E-state index is -0.266. The Bertz CT molecular complexity index is 1240. The van der Waals surface area contributed by atoms with E-state index in [1.54, 1.807) is 23.8 Å². The lowest BCUT2D eigenvalue weighted by Crippen LogP contribution is -2.40. The molecule has 0 aliphatic carbocycles. The van der Waals surface area contributed by atoms with E-state index in [1.165, 1.54) is 16.7 Å². The first-order chi connectivity index (χ1) is 16.3. The van der Waals surface area contributed by atoms with E-state index >= 15 is 0 Å². The Morgan fingerprint density at radius 1 is 1.38 bits per heavy atom. The third-order valence-electron chi connectivity index (χ3n) is 6.29. The zero-order valence-corrected chi connectivity index (χ0v) is 21.3. The molecule has 1 amide bonds. The molecule has 2 aromatic rings. The molecule has 0 saturated carbocycles. The van der Waals surface area contributed by atoms with Gasteiger partial charge in [0.1, 0.15) is 27.5 Å². The summed E-state index contributed by atoms with van der Waals surface area (Å²) in [5.41, 5.74) is 1.21. The third kappa shape index (κ3) is 4.57. The molecule has 0 N–H and O–H groups in total. The highest BCUT2D eigenvalue weighted by molar-refractivity contribution is 8.26. The number of nitriles is 1. The Hall–Kier alpha value is -2.83. The number of anilines is 1. The van der Waals surface area contributed by atoms with Gasteiger partial charge in [0.05, 0.1) is 17.7 Å². The van der Waals surface area contributed by atoms with Gasteiger partial charge < -0.3 is 9.32 Å². The zero-order chi connectivity index (χ0) is 24.4. The topological polar surface area (TPSA) is 82.5 Å². The lowest BCUT2D eigenvalue weighted by molar-refractivity contribution is -0.122. The number of amides is 1. The molecule has 0 spiro atoms. The number of nitrogens with zero attached hydrogens (tertiary/aromatic N) is 4. The number of thioether (sulfide) groups is 1. The summed E-state index contributed by atoms with van der Waals surface area (Å²) in [6.07, 6.45) is 6.32. The minimum absolute atomic E-state index is 0.125. The van der Waals surface area contributed by atoms with Gasteiger partial charge in [0.15, 0.2) is 0 Å². The SMILES string of the molecule is CCCn1c(N2CCCC(C)C2)c(/C=C2/SC(=S)N(Cc3ccco3)C2=O)c(C)c(C#N)c1=O. The molecule has 1 atom stereocenters. The molecule has 4 rings (SSSR count). The van der Waals surface area contributed by atoms with E-state index in [9.17, 15) is 14.9 Å². The van der Waals surface area contributed by atoms with Crippen molar-refractivity contribution in [3.63, 3.8) is 0 Å². The number of carbonyl (C=O) groups is 1. The zero-order valence-electron chi connectivity index (χ0n) is 19.7. The monoisotopic (exact) mass is 496 g/mol. The fraction of sp³-hybridized carbons (Fsp3) is 0.440. The third-order valence-corrected chi connectivity index (χ3v) is 7.67. The second-order valence-corrected chi connectivity index (χ2v) is 10.5. The molecular weight excluding hydrogens is 468 g/mol. The Labute approximate surface area is 209 Å². The number of rotatable bonds is 6. The van der Waals surface area contributed by atoms with E-state index in [-0.39, 0.29) is 23.6 Å². The largest absolute Gasteiger partial charge is 0.467 e. The normalized spacial score (nSPS) is 19.8. The highest BCUT2D eigenvalue weighted by Gasteiger charge is 2.34. The van der Waals surface area contributed by atoms with Crippen molar-refractivity contribution >= 4 is 46.1 Å². The fourth-order valence-corrected chi connectivity index (χ4v) is 5.86. The van der Waals surface area contributed by atoms with Gasteiger partial charge >= 0.3 is 0 Å². The molecule has 1 unspecified atom stereocenters. The molecule has 2 aliphatic rings. The number of carbonyl (C=O) groups excluding carboxylic acids is 1. The van der Waals surface area contributed by atoms with E-state index in [0.717, 1.165) is 43.7 Å². The molecule has 4 heterocycles. The van der Waals surface area contributed by atoms with Crippen LogP contribution in [0.4, 0.5) is 5.82 Å². The van der Waals surface area contributed by atoms with Gasteiger partial charge in [0, 0.05) is 25.2 Å². The first kappa shape index (κ1) is 24.3. The van der Waals surface area contributed by atoms with Gasteiger partial charge in [-0.25, -0.2) is 0 Å². The second-order valence-electron chi connectivity index (χ2n) is 8.85. The van der Waals surface area contributed by atoms with Gasteiger partial charge in [0.25, 0.3) is 11.5 Å². The van der Waals surface area contributed by atoms with Gasteiger partial charge in [-0.05, 0) is 55.9 Å². The first-order valence-electron chi connectivity index (χ1n) is 11.6. The smallest absolute Gasteiger partial charge is 0.270 e. The number of hydrogen-bond acceptors (Lipinski definition) is 7. The highest BCUT2D eigenvalue weighted by Crippen LogP contribution is 2.37. The van der Waals surface area contributed by atoms with Crippen LogP contribution in [0.2, 0.25) is 0 Å². The van der Waals surface area contributed by atoms with E-state index in [1.807, 2.05) is 19.1 Å². The molecule has 178 valence electrons. The quantitative estimate of drug-likeness (QED) is 0.425. The molecule has 34 heavy (non-hydrogen) atoms. The van der Waals surface area contributed by atoms with Crippen LogP contribution in [0.3, 0.4) is 0 Å². The average molecular weight is 497 g/mol. The van der Waals surface area contributed by atoms with Crippen LogP contribution in [0.1, 0.15) is 55.6 Å². The Morgan fingerprint density at radius 2 is 2.18 bits per heavy atom.